The Labute approximate surface area is 188 Å². The summed E-state index contributed by atoms with van der Waals surface area (Å²) >= 11 is 6.43. The van der Waals surface area contributed by atoms with E-state index >= 15 is 0 Å². The van der Waals surface area contributed by atoms with E-state index in [9.17, 15) is 9.59 Å². The number of ether oxygens (including phenoxy) is 1. The minimum atomic E-state index is -0.438. The molecular weight excluding hydrogens is 428 g/mol. The summed E-state index contributed by atoms with van der Waals surface area (Å²) in [6.45, 7) is 0.0630. The van der Waals surface area contributed by atoms with E-state index in [1.165, 1.54) is 0 Å². The van der Waals surface area contributed by atoms with Crippen LogP contribution < -0.4 is 10.1 Å². The van der Waals surface area contributed by atoms with E-state index in [2.05, 4.69) is 10.3 Å². The van der Waals surface area contributed by atoms with Gasteiger partial charge in [0.1, 0.15) is 5.75 Å². The van der Waals surface area contributed by atoms with Crippen LogP contribution in [0.4, 0.5) is 0 Å². The fourth-order valence-electron chi connectivity index (χ4n) is 4.29. The molecule has 1 aromatic heterocycles. The smallest absolute Gasteiger partial charge is 0.259 e. The highest BCUT2D eigenvalue weighted by atomic mass is 35.5. The van der Waals surface area contributed by atoms with Gasteiger partial charge in [-0.3, -0.25) is 14.9 Å². The maximum atomic E-state index is 12.9. The van der Waals surface area contributed by atoms with Crippen molar-refractivity contribution in [1.82, 2.24) is 10.3 Å². The molecule has 0 saturated carbocycles. The zero-order valence-corrected chi connectivity index (χ0v) is 17.9. The second-order valence-electron chi connectivity index (χ2n) is 7.54. The highest BCUT2D eigenvalue weighted by molar-refractivity contribution is 6.36. The highest BCUT2D eigenvalue weighted by Gasteiger charge is 2.34. The van der Waals surface area contributed by atoms with Crippen molar-refractivity contribution in [3.8, 4) is 16.9 Å². The standard InChI is InChI=1S/C25H19ClN2O4/c1-32-20-12-16-18(10-13(20)6-4-5-9-29)27-19-11-15(14-7-2-3-8-17(14)26)22-23(21(16)19)25(31)28-24(22)30/h2-4,6-8,10-12,27,29H,5,9H2,1H3,(H,28,30,31). The van der Waals surface area contributed by atoms with Gasteiger partial charge in [0.15, 0.2) is 0 Å². The Morgan fingerprint density at radius 1 is 1.03 bits per heavy atom. The number of rotatable bonds is 5. The molecule has 3 N–H and O–H groups in total. The number of aromatic nitrogens is 1. The number of fused-ring (bicyclic) bond motifs is 5. The first-order valence-electron chi connectivity index (χ1n) is 10.1. The minimum absolute atomic E-state index is 0.0630. The van der Waals surface area contributed by atoms with Crippen molar-refractivity contribution in [2.45, 2.75) is 6.42 Å². The molecule has 7 heteroatoms. The molecule has 2 heterocycles. The van der Waals surface area contributed by atoms with Crippen LogP contribution in [-0.2, 0) is 0 Å². The lowest BCUT2D eigenvalue weighted by Crippen LogP contribution is -2.20. The topological polar surface area (TPSA) is 91.4 Å². The molecule has 0 saturated heterocycles. The van der Waals surface area contributed by atoms with Gasteiger partial charge in [-0.2, -0.15) is 0 Å². The van der Waals surface area contributed by atoms with Gasteiger partial charge in [-0.1, -0.05) is 42.0 Å². The predicted molar refractivity (Wildman–Crippen MR) is 125 cm³/mol. The van der Waals surface area contributed by atoms with E-state index in [-0.39, 0.29) is 6.61 Å². The first-order chi connectivity index (χ1) is 15.5. The number of halogens is 1. The predicted octanol–water partition coefficient (Wildman–Crippen LogP) is 4.93. The van der Waals surface area contributed by atoms with Crippen LogP contribution in [0.15, 0.2) is 48.5 Å². The molecule has 0 atom stereocenters. The van der Waals surface area contributed by atoms with Crippen LogP contribution in [0.5, 0.6) is 5.75 Å². The molecule has 0 aliphatic carbocycles. The van der Waals surface area contributed by atoms with Crippen LogP contribution in [0.25, 0.3) is 39.0 Å². The quantitative estimate of drug-likeness (QED) is 0.379. The second-order valence-corrected chi connectivity index (χ2v) is 7.95. The van der Waals surface area contributed by atoms with Crippen molar-refractivity contribution >= 4 is 51.3 Å². The van der Waals surface area contributed by atoms with E-state index < -0.39 is 11.8 Å². The third kappa shape index (κ3) is 3.07. The first-order valence-corrected chi connectivity index (χ1v) is 10.5. The molecule has 0 spiro atoms. The Morgan fingerprint density at radius 2 is 1.81 bits per heavy atom. The Balaban J connectivity index is 1.85. The summed E-state index contributed by atoms with van der Waals surface area (Å²) in [6, 6.07) is 12.9. The van der Waals surface area contributed by atoms with Gasteiger partial charge in [0.05, 0.1) is 18.2 Å². The maximum absolute atomic E-state index is 12.9. The monoisotopic (exact) mass is 446 g/mol. The third-order valence-electron chi connectivity index (χ3n) is 5.67. The number of carbonyl (C=O) groups excluding carboxylic acids is 2. The van der Waals surface area contributed by atoms with Gasteiger partial charge < -0.3 is 14.8 Å². The lowest BCUT2D eigenvalue weighted by Gasteiger charge is -2.10. The van der Waals surface area contributed by atoms with Crippen LogP contribution >= 0.6 is 11.6 Å². The molecule has 6 nitrogen and oxygen atoms in total. The number of hydrogen-bond acceptors (Lipinski definition) is 4. The summed E-state index contributed by atoms with van der Waals surface area (Å²) in [5.74, 6) is -0.247. The average molecular weight is 447 g/mol. The summed E-state index contributed by atoms with van der Waals surface area (Å²) in [4.78, 5) is 29.0. The number of aliphatic hydroxyl groups excluding tert-OH is 1. The fourth-order valence-corrected chi connectivity index (χ4v) is 4.53. The molecule has 2 amide bonds. The number of carbonyl (C=O) groups is 2. The van der Waals surface area contributed by atoms with Gasteiger partial charge in [-0.15, -0.1) is 0 Å². The molecular formula is C25H19ClN2O4. The van der Waals surface area contributed by atoms with Gasteiger partial charge in [0, 0.05) is 44.6 Å². The van der Waals surface area contributed by atoms with Crippen LogP contribution in [0.3, 0.4) is 0 Å². The highest BCUT2D eigenvalue weighted by Crippen LogP contribution is 2.42. The molecule has 0 fully saturated rings. The molecule has 0 radical (unpaired) electrons. The third-order valence-corrected chi connectivity index (χ3v) is 6.00. The number of benzene rings is 3. The van der Waals surface area contributed by atoms with Crippen LogP contribution in [0, 0.1) is 0 Å². The number of amides is 2. The van der Waals surface area contributed by atoms with Crippen molar-refractivity contribution in [2.75, 3.05) is 13.7 Å². The largest absolute Gasteiger partial charge is 0.496 e. The van der Waals surface area contributed by atoms with Gasteiger partial charge in [-0.25, -0.2) is 0 Å². The minimum Gasteiger partial charge on any atom is -0.496 e. The van der Waals surface area contributed by atoms with E-state index in [1.807, 2.05) is 48.6 Å². The van der Waals surface area contributed by atoms with Crippen LogP contribution in [0.1, 0.15) is 32.7 Å². The molecule has 0 bridgehead atoms. The van der Waals surface area contributed by atoms with Crippen molar-refractivity contribution in [3.05, 3.63) is 70.3 Å². The van der Waals surface area contributed by atoms with Gasteiger partial charge >= 0.3 is 0 Å². The molecule has 1 aliphatic rings. The molecule has 0 unspecified atom stereocenters. The summed E-state index contributed by atoms with van der Waals surface area (Å²) < 4.78 is 5.57. The van der Waals surface area contributed by atoms with Gasteiger partial charge in [0.2, 0.25) is 0 Å². The molecule has 3 aromatic carbocycles. The second kappa shape index (κ2) is 7.82. The van der Waals surface area contributed by atoms with Crippen LogP contribution in [0.2, 0.25) is 5.02 Å². The molecule has 32 heavy (non-hydrogen) atoms. The van der Waals surface area contributed by atoms with Gasteiger partial charge in [-0.05, 0) is 36.2 Å². The number of H-pyrrole nitrogens is 1. The van der Waals surface area contributed by atoms with Crippen molar-refractivity contribution in [3.63, 3.8) is 0 Å². The van der Waals surface area contributed by atoms with Crippen molar-refractivity contribution < 1.29 is 19.4 Å². The number of imide groups is 1. The fraction of sp³-hybridized carbons (Fsp3) is 0.120. The summed E-state index contributed by atoms with van der Waals surface area (Å²) in [7, 11) is 1.58. The Morgan fingerprint density at radius 3 is 2.56 bits per heavy atom. The summed E-state index contributed by atoms with van der Waals surface area (Å²) in [6.07, 6.45) is 4.28. The maximum Gasteiger partial charge on any atom is 0.259 e. The van der Waals surface area contributed by atoms with Crippen molar-refractivity contribution in [2.24, 2.45) is 0 Å². The number of aliphatic hydroxyl groups is 1. The van der Waals surface area contributed by atoms with E-state index in [1.54, 1.807) is 13.2 Å². The SMILES string of the molecule is COc1cc2c(cc1C=CCCO)[nH]c1cc(-c3ccccc3Cl)c3c(c12)C(=O)NC3=O. The average Bonchev–Trinajstić information content (AvgIpc) is 3.28. The molecule has 160 valence electrons. The van der Waals surface area contributed by atoms with Crippen LogP contribution in [-0.4, -0.2) is 35.6 Å². The van der Waals surface area contributed by atoms with E-state index in [4.69, 9.17) is 21.4 Å². The number of nitrogens with one attached hydrogen (secondary N) is 2. The van der Waals surface area contributed by atoms with Crippen molar-refractivity contribution in [1.29, 1.82) is 0 Å². The zero-order chi connectivity index (χ0) is 22.4. The number of aromatic amines is 1. The lowest BCUT2D eigenvalue weighted by molar-refractivity contribution is 0.0880. The Kier molecular flexibility index (Phi) is 4.96. The van der Waals surface area contributed by atoms with E-state index in [0.29, 0.717) is 44.8 Å². The zero-order valence-electron chi connectivity index (χ0n) is 17.2. The number of hydrogen-bond donors (Lipinski definition) is 3. The Hall–Kier alpha value is -3.61. The Bertz CT molecular complexity index is 1450. The summed E-state index contributed by atoms with van der Waals surface area (Å²) in [5.41, 5.74) is 4.29. The van der Waals surface area contributed by atoms with Gasteiger partial charge in [0.25, 0.3) is 11.8 Å². The normalized spacial score (nSPS) is 13.3. The number of methoxy groups -OCH3 is 1. The summed E-state index contributed by atoms with van der Waals surface area (Å²) in [5, 5.41) is 13.4. The molecule has 1 aliphatic heterocycles. The molecule has 5 rings (SSSR count). The van der Waals surface area contributed by atoms with E-state index in [0.717, 1.165) is 22.0 Å². The lowest BCUT2D eigenvalue weighted by atomic mass is 9.92. The first kappa shape index (κ1) is 20.3. The molecule has 4 aromatic rings.